The second-order valence-electron chi connectivity index (χ2n) is 16.3. The molecule has 2 rings (SSSR count). The summed E-state index contributed by atoms with van der Waals surface area (Å²) in [7, 11) is -1.92. The van der Waals surface area contributed by atoms with Gasteiger partial charge in [-0.05, 0) is 69.6 Å². The van der Waals surface area contributed by atoms with E-state index < -0.39 is 32.0 Å². The molecule has 1 aliphatic rings. The maximum atomic E-state index is 14.8. The van der Waals surface area contributed by atoms with Gasteiger partial charge in [-0.1, -0.05) is 81.1 Å². The van der Waals surface area contributed by atoms with Gasteiger partial charge < -0.3 is 24.5 Å². The first-order chi connectivity index (χ1) is 23.3. The first-order valence-corrected chi connectivity index (χ1v) is 22.9. The van der Waals surface area contributed by atoms with E-state index in [9.17, 15) is 19.5 Å². The van der Waals surface area contributed by atoms with Crippen molar-refractivity contribution in [3.8, 4) is 0 Å². The van der Waals surface area contributed by atoms with Gasteiger partial charge in [0.1, 0.15) is 17.2 Å². The number of esters is 1. The van der Waals surface area contributed by atoms with Crippen molar-refractivity contribution in [3.05, 3.63) is 16.1 Å². The number of amides is 2. The average molecular weight is 739 g/mol. The van der Waals surface area contributed by atoms with Gasteiger partial charge in [-0.15, -0.1) is 11.3 Å². The minimum Gasteiger partial charge on any atom is -0.461 e. The van der Waals surface area contributed by atoms with E-state index in [1.54, 1.807) is 12.3 Å². The van der Waals surface area contributed by atoms with Crippen LogP contribution in [0.4, 0.5) is 0 Å². The van der Waals surface area contributed by atoms with Crippen LogP contribution in [0.1, 0.15) is 142 Å². The second kappa shape index (κ2) is 19.8. The number of nitrogens with one attached hydrogen (secondary N) is 1. The van der Waals surface area contributed by atoms with Gasteiger partial charge in [0.25, 0.3) is 0 Å². The number of rotatable bonds is 21. The van der Waals surface area contributed by atoms with Crippen LogP contribution in [0.15, 0.2) is 5.38 Å². The Morgan fingerprint density at radius 3 is 2.40 bits per heavy atom. The van der Waals surface area contributed by atoms with Crippen molar-refractivity contribution in [3.63, 3.8) is 0 Å². The summed E-state index contributed by atoms with van der Waals surface area (Å²) in [5.74, 6) is -0.784. The Labute approximate surface area is 308 Å². The number of aliphatic hydroxyl groups is 1. The lowest BCUT2D eigenvalue weighted by Gasteiger charge is -2.41. The van der Waals surface area contributed by atoms with Gasteiger partial charge in [-0.25, -0.2) is 9.78 Å². The van der Waals surface area contributed by atoms with Crippen LogP contribution in [0, 0.1) is 11.8 Å². The molecule has 0 bridgehead atoms. The van der Waals surface area contributed by atoms with E-state index in [4.69, 9.17) is 9.16 Å². The lowest BCUT2D eigenvalue weighted by Crippen LogP contribution is -2.61. The zero-order valence-electron chi connectivity index (χ0n) is 33.4. The fourth-order valence-electron chi connectivity index (χ4n) is 6.40. The van der Waals surface area contributed by atoms with Gasteiger partial charge in [0, 0.05) is 37.5 Å². The van der Waals surface area contributed by atoms with Crippen LogP contribution in [0.3, 0.4) is 0 Å². The summed E-state index contributed by atoms with van der Waals surface area (Å²) in [5.41, 5.74) is -0.552. The topological polar surface area (TPSA) is 121 Å². The summed E-state index contributed by atoms with van der Waals surface area (Å²) >= 11 is 1.22. The molecule has 2 heterocycles. The molecule has 4 unspecified atom stereocenters. The van der Waals surface area contributed by atoms with Gasteiger partial charge in [-0.2, -0.15) is 0 Å². The summed E-state index contributed by atoms with van der Waals surface area (Å²) in [4.78, 5) is 49.8. The highest BCUT2D eigenvalue weighted by atomic mass is 32.1. The van der Waals surface area contributed by atoms with E-state index in [1.807, 2.05) is 18.7 Å². The van der Waals surface area contributed by atoms with Crippen LogP contribution < -0.4 is 5.32 Å². The largest absolute Gasteiger partial charge is 0.461 e. The molecule has 10 nitrogen and oxygen atoms in total. The monoisotopic (exact) mass is 738 g/mol. The Morgan fingerprint density at radius 2 is 1.82 bits per heavy atom. The number of aromatic nitrogens is 1. The molecule has 1 saturated heterocycles. The first-order valence-electron chi connectivity index (χ1n) is 19.2. The Balaban J connectivity index is 2.34. The molecule has 50 heavy (non-hydrogen) atoms. The summed E-state index contributed by atoms with van der Waals surface area (Å²) in [6, 6.07) is -1.00. The lowest BCUT2D eigenvalue weighted by molar-refractivity contribution is -0.144. The number of aliphatic hydroxyl groups excluding tert-OH is 1. The highest BCUT2D eigenvalue weighted by molar-refractivity contribution is 7.09. The summed E-state index contributed by atoms with van der Waals surface area (Å²) < 4.78 is 11.6. The molecular formula is C38H70N4O6SSi. The van der Waals surface area contributed by atoms with E-state index >= 15 is 0 Å². The number of ether oxygens (including phenoxy) is 1. The van der Waals surface area contributed by atoms with Crippen molar-refractivity contribution in [2.24, 2.45) is 11.8 Å². The molecule has 5 atom stereocenters. The minimum absolute atomic E-state index is 0.0290. The fourth-order valence-corrected chi connectivity index (χ4v) is 8.22. The molecule has 0 aliphatic carbocycles. The number of nitrogens with zero attached hydrogens (tertiary/aromatic N) is 3. The standard InChI is InChI=1S/C38H70N4O6SSi/c1-13-16-17-18-22-42(30(27(4)5)25-31(43)33-39-29(26-49-33)35(45)47-15-3)34(44)32(28(6)14-2)40-36(46)38(10)20-19-21-41(38)23-24-48-50(11,12)37(7,8)9/h26-28,30-32,43H,13-25H2,1-12H3,(H,40,46)/t28?,30?,31?,32?,38-/m1/s1. The number of unbranched alkanes of at least 4 members (excludes halogenated alkanes) is 3. The second-order valence-corrected chi connectivity index (χ2v) is 22.0. The van der Waals surface area contributed by atoms with E-state index in [1.165, 1.54) is 11.3 Å². The third-order valence-electron chi connectivity index (χ3n) is 11.1. The zero-order valence-corrected chi connectivity index (χ0v) is 35.2. The molecule has 0 radical (unpaired) electrons. The summed E-state index contributed by atoms with van der Waals surface area (Å²) in [6.07, 6.45) is 5.66. The van der Waals surface area contributed by atoms with Crippen molar-refractivity contribution in [1.82, 2.24) is 20.1 Å². The highest BCUT2D eigenvalue weighted by Crippen LogP contribution is 2.37. The highest BCUT2D eigenvalue weighted by Gasteiger charge is 2.46. The van der Waals surface area contributed by atoms with Crippen LogP contribution in [-0.4, -0.2) is 96.5 Å². The molecule has 0 aromatic carbocycles. The van der Waals surface area contributed by atoms with E-state index in [2.05, 4.69) is 76.8 Å². The molecule has 2 N–H and O–H groups in total. The number of thiazole rings is 1. The Bertz CT molecular complexity index is 1220. The zero-order chi connectivity index (χ0) is 37.9. The van der Waals surface area contributed by atoms with Crippen LogP contribution in [0.5, 0.6) is 0 Å². The molecule has 1 aromatic rings. The third kappa shape index (κ3) is 11.8. The Morgan fingerprint density at radius 1 is 1.14 bits per heavy atom. The van der Waals surface area contributed by atoms with Crippen LogP contribution >= 0.6 is 11.3 Å². The Kier molecular flexibility index (Phi) is 17.6. The molecule has 2 amide bonds. The van der Waals surface area contributed by atoms with Crippen LogP contribution in [0.2, 0.25) is 18.1 Å². The van der Waals surface area contributed by atoms with Crippen LogP contribution in [0.25, 0.3) is 0 Å². The van der Waals surface area contributed by atoms with E-state index in [-0.39, 0.29) is 53.5 Å². The predicted octanol–water partition coefficient (Wildman–Crippen LogP) is 7.58. The SMILES string of the molecule is CCCCCCN(C(=O)C(NC(=O)[C@@]1(C)CCCN1CCO[Si](C)(C)C(C)(C)C)C(C)CC)C(CC(O)c1nc(C(=O)OCC)cs1)C(C)C. The number of carbonyl (C=O) groups excluding carboxylic acids is 3. The number of hydrogen-bond donors (Lipinski definition) is 2. The molecule has 288 valence electrons. The summed E-state index contributed by atoms with van der Waals surface area (Å²) in [6.45, 7) is 28.2. The molecular weight excluding hydrogens is 669 g/mol. The molecule has 1 aromatic heterocycles. The third-order valence-corrected chi connectivity index (χ3v) is 16.6. The maximum Gasteiger partial charge on any atom is 0.357 e. The molecule has 12 heteroatoms. The van der Waals surface area contributed by atoms with Gasteiger partial charge in [0.05, 0.1) is 12.1 Å². The predicted molar refractivity (Wildman–Crippen MR) is 206 cm³/mol. The average Bonchev–Trinajstić information content (AvgIpc) is 3.69. The number of likely N-dealkylation sites (tertiary alicyclic amines) is 1. The van der Waals surface area contributed by atoms with E-state index in [0.717, 1.165) is 51.5 Å². The van der Waals surface area contributed by atoms with Gasteiger partial charge in [0.2, 0.25) is 11.8 Å². The minimum atomic E-state index is -1.92. The quantitative estimate of drug-likeness (QED) is 0.0753. The van der Waals surface area contributed by atoms with Crippen molar-refractivity contribution >= 4 is 37.4 Å². The van der Waals surface area contributed by atoms with Crippen LogP contribution in [-0.2, 0) is 18.8 Å². The fraction of sp³-hybridized carbons (Fsp3) is 0.842. The lowest BCUT2D eigenvalue weighted by atomic mass is 9.91. The molecule has 1 aliphatic heterocycles. The van der Waals surface area contributed by atoms with Gasteiger partial charge >= 0.3 is 5.97 Å². The summed E-state index contributed by atoms with van der Waals surface area (Å²) in [5, 5.41) is 16.8. The van der Waals surface area contributed by atoms with Gasteiger partial charge in [0.15, 0.2) is 14.0 Å². The maximum absolute atomic E-state index is 14.8. The number of hydrogen-bond acceptors (Lipinski definition) is 9. The van der Waals surface area contributed by atoms with Gasteiger partial charge in [-0.3, -0.25) is 14.5 Å². The first kappa shape index (κ1) is 44.3. The Hall–Kier alpha value is -1.86. The smallest absolute Gasteiger partial charge is 0.357 e. The van der Waals surface area contributed by atoms with Crippen molar-refractivity contribution in [2.45, 2.75) is 162 Å². The normalized spacial score (nSPS) is 19.6. The molecule has 0 spiro atoms. The number of carbonyl (C=O) groups is 3. The van der Waals surface area contributed by atoms with E-state index in [0.29, 0.717) is 24.7 Å². The molecule has 1 fully saturated rings. The van der Waals surface area contributed by atoms with Crippen molar-refractivity contribution in [2.75, 3.05) is 32.8 Å². The molecule has 0 saturated carbocycles. The van der Waals surface area contributed by atoms with Crippen molar-refractivity contribution in [1.29, 1.82) is 0 Å². The van der Waals surface area contributed by atoms with Crippen molar-refractivity contribution < 1.29 is 28.7 Å².